The van der Waals surface area contributed by atoms with Gasteiger partial charge in [0.25, 0.3) is 0 Å². The second kappa shape index (κ2) is 6.05. The fourth-order valence-electron chi connectivity index (χ4n) is 1.91. The lowest BCUT2D eigenvalue weighted by Gasteiger charge is -2.13. The Balaban J connectivity index is 1.98. The van der Waals surface area contributed by atoms with Crippen molar-refractivity contribution in [2.45, 2.75) is 26.8 Å². The molecular weight excluding hydrogens is 256 g/mol. The monoisotopic (exact) mass is 274 g/mol. The van der Waals surface area contributed by atoms with Gasteiger partial charge in [-0.1, -0.05) is 25.1 Å². The number of rotatable bonds is 4. The number of aromatic amines is 1. The number of nitrogens with zero attached hydrogens (tertiary/aromatic N) is 2. The molecule has 0 aliphatic heterocycles. The first kappa shape index (κ1) is 13.9. The number of carbonyl (C=O) groups is 1. The minimum absolute atomic E-state index is 0.161. The maximum Gasteiger partial charge on any atom is 0.319 e. The summed E-state index contributed by atoms with van der Waals surface area (Å²) in [7, 11) is 0. The Hall–Kier alpha value is -2.57. The summed E-state index contributed by atoms with van der Waals surface area (Å²) in [6.45, 7) is 4.25. The van der Waals surface area contributed by atoms with Gasteiger partial charge in [-0.15, -0.1) is 5.10 Å². The number of nitrogens with one attached hydrogen (secondary N) is 3. The fourth-order valence-corrected chi connectivity index (χ4v) is 1.91. The van der Waals surface area contributed by atoms with E-state index in [1.165, 1.54) is 0 Å². The highest BCUT2D eigenvalue weighted by Crippen LogP contribution is 2.20. The number of anilines is 2. The number of hydrogen-bond acceptors (Lipinski definition) is 4. The Labute approximate surface area is 117 Å². The molecule has 2 amide bonds. The highest BCUT2D eigenvalue weighted by atomic mass is 16.2. The minimum atomic E-state index is -0.288. The predicted octanol–water partition coefficient (Wildman–Crippen LogP) is 1.58. The van der Waals surface area contributed by atoms with Crippen LogP contribution >= 0.6 is 0 Å². The van der Waals surface area contributed by atoms with Gasteiger partial charge in [-0.05, 0) is 24.5 Å². The van der Waals surface area contributed by atoms with E-state index >= 15 is 0 Å². The lowest BCUT2D eigenvalue weighted by Crippen LogP contribution is -2.29. The summed E-state index contributed by atoms with van der Waals surface area (Å²) < 4.78 is 0. The van der Waals surface area contributed by atoms with E-state index in [0.29, 0.717) is 5.82 Å². The summed E-state index contributed by atoms with van der Waals surface area (Å²) >= 11 is 0. The molecule has 1 aromatic carbocycles. The van der Waals surface area contributed by atoms with Crippen LogP contribution in [0.1, 0.15) is 23.9 Å². The van der Waals surface area contributed by atoms with Gasteiger partial charge < -0.3 is 16.4 Å². The van der Waals surface area contributed by atoms with Crippen molar-refractivity contribution in [1.82, 2.24) is 20.5 Å². The van der Waals surface area contributed by atoms with E-state index in [4.69, 9.17) is 5.73 Å². The fraction of sp³-hybridized carbons (Fsp3) is 0.308. The van der Waals surface area contributed by atoms with Crippen LogP contribution in [0.2, 0.25) is 0 Å². The molecule has 1 aromatic heterocycles. The molecule has 1 heterocycles. The number of aryl methyl sites for hydroxylation is 2. The molecule has 7 nitrogen and oxygen atoms in total. The number of hydrogen-bond donors (Lipinski definition) is 4. The lowest BCUT2D eigenvalue weighted by molar-refractivity contribution is 0.251. The summed E-state index contributed by atoms with van der Waals surface area (Å²) in [5.41, 5.74) is 8.37. The summed E-state index contributed by atoms with van der Waals surface area (Å²) in [6, 6.07) is 5.66. The van der Waals surface area contributed by atoms with Crippen molar-refractivity contribution in [3.63, 3.8) is 0 Å². The topological polar surface area (TPSA) is 109 Å². The Kier molecular flexibility index (Phi) is 4.19. The number of nitrogen functional groups attached to an aromatic ring is 1. The van der Waals surface area contributed by atoms with Crippen molar-refractivity contribution in [1.29, 1.82) is 0 Å². The van der Waals surface area contributed by atoms with Gasteiger partial charge in [0, 0.05) is 5.69 Å². The zero-order chi connectivity index (χ0) is 14.5. The average Bonchev–Trinajstić information content (AvgIpc) is 2.84. The first-order chi connectivity index (χ1) is 9.60. The number of urea groups is 1. The quantitative estimate of drug-likeness (QED) is 0.678. The summed E-state index contributed by atoms with van der Waals surface area (Å²) in [4.78, 5) is 15.8. The Morgan fingerprint density at radius 2 is 2.25 bits per heavy atom. The minimum Gasteiger partial charge on any atom is -0.367 e. The van der Waals surface area contributed by atoms with E-state index < -0.39 is 0 Å². The van der Waals surface area contributed by atoms with Gasteiger partial charge in [-0.25, -0.2) is 4.79 Å². The molecule has 0 unspecified atom stereocenters. The molecule has 5 N–H and O–H groups in total. The van der Waals surface area contributed by atoms with Gasteiger partial charge in [-0.2, -0.15) is 4.98 Å². The maximum atomic E-state index is 11.9. The number of amides is 2. The molecular formula is C13H18N6O. The SMILES string of the molecule is CCc1cccc(C)c1NC(=O)NCc1nc(N)n[nH]1. The largest absolute Gasteiger partial charge is 0.367 e. The average molecular weight is 274 g/mol. The number of benzene rings is 1. The van der Waals surface area contributed by atoms with Gasteiger partial charge in [-0.3, -0.25) is 5.10 Å². The zero-order valence-corrected chi connectivity index (χ0v) is 11.5. The first-order valence-electron chi connectivity index (χ1n) is 6.40. The normalized spacial score (nSPS) is 10.3. The van der Waals surface area contributed by atoms with Crippen LogP contribution < -0.4 is 16.4 Å². The zero-order valence-electron chi connectivity index (χ0n) is 11.5. The summed E-state index contributed by atoms with van der Waals surface area (Å²) in [5, 5.41) is 11.9. The third-order valence-electron chi connectivity index (χ3n) is 2.94. The molecule has 0 spiro atoms. The second-order valence-electron chi connectivity index (χ2n) is 4.41. The molecule has 0 saturated heterocycles. The van der Waals surface area contributed by atoms with Crippen LogP contribution in [-0.2, 0) is 13.0 Å². The molecule has 2 aromatic rings. The van der Waals surface area contributed by atoms with E-state index in [2.05, 4.69) is 32.7 Å². The maximum absolute atomic E-state index is 11.9. The van der Waals surface area contributed by atoms with Crippen molar-refractivity contribution in [2.75, 3.05) is 11.1 Å². The molecule has 0 fully saturated rings. The second-order valence-corrected chi connectivity index (χ2v) is 4.41. The number of H-pyrrole nitrogens is 1. The molecule has 2 rings (SSSR count). The third kappa shape index (κ3) is 3.25. The molecule has 0 aliphatic carbocycles. The van der Waals surface area contributed by atoms with Crippen molar-refractivity contribution in [3.8, 4) is 0 Å². The smallest absolute Gasteiger partial charge is 0.319 e. The standard InChI is InChI=1S/C13H18N6O/c1-3-9-6-4-5-8(2)11(9)17-13(20)15-7-10-16-12(14)19-18-10/h4-6H,3,7H2,1-2H3,(H2,15,17,20)(H3,14,16,18,19). The van der Waals surface area contributed by atoms with Gasteiger partial charge in [0.2, 0.25) is 5.95 Å². The summed E-state index contributed by atoms with van der Waals surface area (Å²) in [5.74, 6) is 0.674. The Morgan fingerprint density at radius 3 is 2.90 bits per heavy atom. The van der Waals surface area contributed by atoms with Gasteiger partial charge in [0.05, 0.1) is 6.54 Å². The van der Waals surface area contributed by atoms with E-state index in [0.717, 1.165) is 23.2 Å². The third-order valence-corrected chi connectivity index (χ3v) is 2.94. The molecule has 0 bridgehead atoms. The van der Waals surface area contributed by atoms with Crippen LogP contribution in [0.4, 0.5) is 16.4 Å². The molecule has 7 heteroatoms. The van der Waals surface area contributed by atoms with Crippen molar-refractivity contribution < 1.29 is 4.79 Å². The predicted molar refractivity (Wildman–Crippen MR) is 77.2 cm³/mol. The molecule has 0 saturated carbocycles. The highest BCUT2D eigenvalue weighted by Gasteiger charge is 2.09. The molecule has 0 aliphatic rings. The van der Waals surface area contributed by atoms with Crippen LogP contribution in [0, 0.1) is 6.92 Å². The van der Waals surface area contributed by atoms with Crippen LogP contribution in [0.15, 0.2) is 18.2 Å². The number of nitrogens with two attached hydrogens (primary N) is 1. The van der Waals surface area contributed by atoms with E-state index in [9.17, 15) is 4.79 Å². The van der Waals surface area contributed by atoms with Crippen molar-refractivity contribution >= 4 is 17.7 Å². The lowest BCUT2D eigenvalue weighted by atomic mass is 10.1. The first-order valence-corrected chi connectivity index (χ1v) is 6.40. The van der Waals surface area contributed by atoms with Crippen LogP contribution in [0.5, 0.6) is 0 Å². The van der Waals surface area contributed by atoms with Crippen LogP contribution in [-0.4, -0.2) is 21.2 Å². The Bertz CT molecular complexity index is 607. The van der Waals surface area contributed by atoms with Crippen LogP contribution in [0.25, 0.3) is 0 Å². The summed E-state index contributed by atoms with van der Waals surface area (Å²) in [6.07, 6.45) is 0.857. The number of carbonyl (C=O) groups excluding carboxylic acids is 1. The Morgan fingerprint density at radius 1 is 1.45 bits per heavy atom. The van der Waals surface area contributed by atoms with Gasteiger partial charge >= 0.3 is 6.03 Å². The van der Waals surface area contributed by atoms with Crippen molar-refractivity contribution in [3.05, 3.63) is 35.2 Å². The van der Waals surface area contributed by atoms with Gasteiger partial charge in [0.1, 0.15) is 5.82 Å². The van der Waals surface area contributed by atoms with E-state index in [1.54, 1.807) is 0 Å². The molecule has 0 radical (unpaired) electrons. The number of aromatic nitrogens is 3. The molecule has 20 heavy (non-hydrogen) atoms. The highest BCUT2D eigenvalue weighted by molar-refractivity contribution is 5.90. The van der Waals surface area contributed by atoms with Crippen molar-refractivity contribution in [2.24, 2.45) is 0 Å². The molecule has 106 valence electrons. The van der Waals surface area contributed by atoms with E-state index in [-0.39, 0.29) is 18.5 Å². The van der Waals surface area contributed by atoms with E-state index in [1.807, 2.05) is 25.1 Å². The van der Waals surface area contributed by atoms with Gasteiger partial charge in [0.15, 0.2) is 0 Å². The van der Waals surface area contributed by atoms with Crippen LogP contribution in [0.3, 0.4) is 0 Å². The molecule has 0 atom stereocenters. The number of para-hydroxylation sites is 1.